The number of nitrogens with one attached hydrogen (secondary N) is 1. The Balaban J connectivity index is 1.27. The number of aliphatic hydroxyl groups is 3. The Morgan fingerprint density at radius 2 is 1.91 bits per heavy atom. The highest BCUT2D eigenvalue weighted by Crippen LogP contribution is 2.47. The number of hydrogen-bond acceptors (Lipinski definition) is 11. The van der Waals surface area contributed by atoms with Gasteiger partial charge in [0.25, 0.3) is 11.6 Å². The van der Waals surface area contributed by atoms with E-state index in [0.717, 1.165) is 11.3 Å². The van der Waals surface area contributed by atoms with E-state index in [1.807, 2.05) is 49.4 Å². The molecule has 290 valence electrons. The Kier molecular flexibility index (Phi) is 12.4. The molecule has 4 N–H and O–H groups in total. The first-order valence-electron chi connectivity index (χ1n) is 18.6. The topological polar surface area (TPSA) is 196 Å². The number of amides is 2. The molecule has 3 aromatic carbocycles. The van der Waals surface area contributed by atoms with Gasteiger partial charge in [-0.3, -0.25) is 29.3 Å². The highest BCUT2D eigenvalue weighted by molar-refractivity contribution is 6.08. The highest BCUT2D eigenvalue weighted by atomic mass is 16.6. The monoisotopic (exact) mass is 753 g/mol. The summed E-state index contributed by atoms with van der Waals surface area (Å²) in [4.78, 5) is 42.8. The lowest BCUT2D eigenvalue weighted by Crippen LogP contribution is -2.49. The van der Waals surface area contributed by atoms with E-state index in [1.54, 1.807) is 34.8 Å². The molecule has 1 aromatic heterocycles. The number of aromatic nitrogens is 3. The Bertz CT molecular complexity index is 2050. The quantitative estimate of drug-likeness (QED) is 0.0495. The molecule has 0 saturated heterocycles. The van der Waals surface area contributed by atoms with Crippen molar-refractivity contribution >= 4 is 34.6 Å². The molecule has 55 heavy (non-hydrogen) atoms. The normalized spacial score (nSPS) is 18.5. The summed E-state index contributed by atoms with van der Waals surface area (Å²) in [5.41, 5.74) is 1.75. The molecule has 3 heterocycles. The van der Waals surface area contributed by atoms with E-state index in [0.29, 0.717) is 80.2 Å². The Morgan fingerprint density at radius 1 is 1.09 bits per heavy atom. The number of allylic oxidation sites excluding steroid dienone is 1. The third kappa shape index (κ3) is 8.29. The number of unbranched alkanes of at least 4 members (excludes halogenated alkanes) is 1. The molecule has 0 fully saturated rings. The van der Waals surface area contributed by atoms with Gasteiger partial charge < -0.3 is 30.3 Å². The summed E-state index contributed by atoms with van der Waals surface area (Å²) in [6, 6.07) is 16.5. The van der Waals surface area contributed by atoms with E-state index >= 15 is 0 Å². The summed E-state index contributed by atoms with van der Waals surface area (Å²) in [5.74, 6) is -0.819. The van der Waals surface area contributed by atoms with Crippen LogP contribution in [0.1, 0.15) is 55.5 Å². The van der Waals surface area contributed by atoms with Crippen LogP contribution in [0.15, 0.2) is 79.0 Å². The fourth-order valence-corrected chi connectivity index (χ4v) is 7.23. The maximum Gasteiger partial charge on any atom is 0.269 e. The fraction of sp³-hybridized carbons (Fsp3) is 0.400. The van der Waals surface area contributed by atoms with Crippen LogP contribution in [0, 0.1) is 16.0 Å². The van der Waals surface area contributed by atoms with Crippen molar-refractivity contribution in [2.75, 3.05) is 36.2 Å². The number of ether oxygens (including phenoxy) is 1. The zero-order valence-electron chi connectivity index (χ0n) is 31.0. The second kappa shape index (κ2) is 17.3. The number of hydrogen-bond donors (Lipinski definition) is 4. The lowest BCUT2D eigenvalue weighted by Gasteiger charge is -2.35. The summed E-state index contributed by atoms with van der Waals surface area (Å²) < 4.78 is 7.41. The van der Waals surface area contributed by atoms with Crippen LogP contribution in [0.25, 0.3) is 0 Å². The van der Waals surface area contributed by atoms with Crippen molar-refractivity contribution in [3.8, 4) is 5.75 Å². The van der Waals surface area contributed by atoms with Gasteiger partial charge in [-0.05, 0) is 86.7 Å². The molecule has 3 atom stereocenters. The van der Waals surface area contributed by atoms with E-state index in [9.17, 15) is 29.9 Å². The summed E-state index contributed by atoms with van der Waals surface area (Å²) >= 11 is 0. The van der Waals surface area contributed by atoms with Crippen LogP contribution in [0.5, 0.6) is 5.75 Å². The van der Waals surface area contributed by atoms with Gasteiger partial charge in [0.15, 0.2) is 5.60 Å². The van der Waals surface area contributed by atoms with E-state index in [-0.39, 0.29) is 36.9 Å². The first-order valence-corrected chi connectivity index (χ1v) is 18.6. The van der Waals surface area contributed by atoms with E-state index in [4.69, 9.17) is 9.84 Å². The Morgan fingerprint density at radius 3 is 2.67 bits per heavy atom. The van der Waals surface area contributed by atoms with Crippen LogP contribution < -0.4 is 19.9 Å². The fourth-order valence-electron chi connectivity index (χ4n) is 7.23. The molecule has 6 rings (SSSR count). The number of nitro groups is 1. The second-order valence-corrected chi connectivity index (χ2v) is 13.8. The minimum absolute atomic E-state index is 0.0275. The molecule has 1 unspecified atom stereocenters. The zero-order valence-corrected chi connectivity index (χ0v) is 31.0. The molecule has 2 amide bonds. The summed E-state index contributed by atoms with van der Waals surface area (Å²) in [7, 11) is 0. The molecule has 4 aromatic rings. The summed E-state index contributed by atoms with van der Waals surface area (Å²) in [5, 5.41) is 53.8. The SMILES string of the molecule is CCOc1ccc2c(c1)CC(NCCCCO)C(=O)N2c1cccc(CN2C(=O)[C@@](O)([C@@H](C)/C=C/CCn3cc(CCO)nn3)c3cc([N+](=O)[O-])ccc32)c1. The first kappa shape index (κ1) is 39.2. The smallest absolute Gasteiger partial charge is 0.269 e. The molecule has 15 nitrogen and oxygen atoms in total. The second-order valence-electron chi connectivity index (χ2n) is 13.8. The number of fused-ring (bicyclic) bond motifs is 2. The van der Waals surface area contributed by atoms with Gasteiger partial charge in [0.2, 0.25) is 5.91 Å². The van der Waals surface area contributed by atoms with Gasteiger partial charge in [-0.15, -0.1) is 5.10 Å². The molecule has 0 aliphatic carbocycles. The highest BCUT2D eigenvalue weighted by Gasteiger charge is 2.53. The van der Waals surface area contributed by atoms with E-state index in [1.165, 1.54) is 23.1 Å². The van der Waals surface area contributed by atoms with Crippen molar-refractivity contribution in [3.63, 3.8) is 0 Å². The number of aliphatic hydroxyl groups excluding tert-OH is 2. The molecule has 0 radical (unpaired) electrons. The predicted molar refractivity (Wildman–Crippen MR) is 205 cm³/mol. The van der Waals surface area contributed by atoms with Crippen molar-refractivity contribution in [3.05, 3.63) is 112 Å². The number of anilines is 3. The molecule has 0 spiro atoms. The summed E-state index contributed by atoms with van der Waals surface area (Å²) in [6.45, 7) is 5.22. The average Bonchev–Trinajstić information content (AvgIpc) is 3.71. The van der Waals surface area contributed by atoms with Crippen molar-refractivity contribution in [2.45, 2.75) is 70.7 Å². The van der Waals surface area contributed by atoms with Crippen LogP contribution in [0.4, 0.5) is 22.7 Å². The summed E-state index contributed by atoms with van der Waals surface area (Å²) in [6.07, 6.45) is 8.01. The van der Waals surface area contributed by atoms with Gasteiger partial charge in [0, 0.05) is 61.7 Å². The van der Waals surface area contributed by atoms with Gasteiger partial charge in [0.05, 0.1) is 41.2 Å². The van der Waals surface area contributed by atoms with E-state index < -0.39 is 28.4 Å². The van der Waals surface area contributed by atoms with Crippen molar-refractivity contribution in [2.24, 2.45) is 5.92 Å². The number of benzene rings is 3. The van der Waals surface area contributed by atoms with Gasteiger partial charge in [-0.25, -0.2) is 0 Å². The van der Waals surface area contributed by atoms with Gasteiger partial charge >= 0.3 is 0 Å². The van der Waals surface area contributed by atoms with Crippen molar-refractivity contribution in [1.29, 1.82) is 0 Å². The average molecular weight is 754 g/mol. The van der Waals surface area contributed by atoms with Crippen molar-refractivity contribution < 1.29 is 34.6 Å². The number of carbonyl (C=O) groups excluding carboxylic acids is 2. The molecular formula is C40H47N7O8. The van der Waals surface area contributed by atoms with Crippen molar-refractivity contribution in [1.82, 2.24) is 20.3 Å². The first-order chi connectivity index (χ1) is 26.6. The number of nitro benzene ring substituents is 1. The zero-order chi connectivity index (χ0) is 39.1. The number of aryl methyl sites for hydroxylation is 1. The number of carbonyl (C=O) groups is 2. The van der Waals surface area contributed by atoms with E-state index in [2.05, 4.69) is 15.6 Å². The lowest BCUT2D eigenvalue weighted by atomic mass is 9.82. The van der Waals surface area contributed by atoms with Crippen LogP contribution in [-0.2, 0) is 41.1 Å². The predicted octanol–water partition coefficient (Wildman–Crippen LogP) is 4.09. The van der Waals surface area contributed by atoms with Gasteiger partial charge in [0.1, 0.15) is 5.75 Å². The third-order valence-electron chi connectivity index (χ3n) is 10.1. The van der Waals surface area contributed by atoms with Crippen LogP contribution in [0.3, 0.4) is 0 Å². The van der Waals surface area contributed by atoms with Crippen LogP contribution in [-0.4, -0.2) is 79.5 Å². The molecule has 15 heteroatoms. The Labute approximate surface area is 319 Å². The number of nitrogens with zero attached hydrogens (tertiary/aromatic N) is 6. The molecule has 0 saturated carbocycles. The lowest BCUT2D eigenvalue weighted by molar-refractivity contribution is -0.385. The van der Waals surface area contributed by atoms with Crippen LogP contribution in [0.2, 0.25) is 0 Å². The van der Waals surface area contributed by atoms with Gasteiger partial charge in [-0.2, -0.15) is 0 Å². The number of non-ortho nitro benzene ring substituents is 1. The molecule has 2 aliphatic rings. The third-order valence-corrected chi connectivity index (χ3v) is 10.1. The number of rotatable bonds is 18. The standard InChI is InChI=1S/C40H47N7O8/c1-3-55-33-13-15-36-29(22-33)23-35(41-17-5-7-19-48)38(50)46(36)31-11-8-10-28(21-31)25-45-37-14-12-32(47(53)54)24-34(37)40(52,39(45)51)27(2)9-4-6-18-44-26-30(16-20-49)42-43-44/h4,8-15,21-22,24,26-27,35,41,48-49,52H,3,5-7,16-20,23,25H2,1-2H3/b9-4+/t27-,35?,40+/m0/s1. The maximum atomic E-state index is 14.3. The largest absolute Gasteiger partial charge is 0.494 e. The molecule has 2 aliphatic heterocycles. The minimum atomic E-state index is -2.09. The Hall–Kier alpha value is -5.48. The maximum absolute atomic E-state index is 14.3. The molecular weight excluding hydrogens is 706 g/mol. The van der Waals surface area contributed by atoms with Gasteiger partial charge in [-0.1, -0.05) is 36.4 Å². The molecule has 0 bridgehead atoms. The van der Waals surface area contributed by atoms with Crippen LogP contribution >= 0.6 is 0 Å². The minimum Gasteiger partial charge on any atom is -0.494 e.